The standard InChI is InChI=1S/C27H56/c1-17(2)16-21(7)19(5)14-15-20(6)23(9)25(11)27(13)26(12)24(10)22(8)18(3)4/h17-27H,14-16H2,1-13H3. The fraction of sp³-hybridized carbons (Fsp3) is 1.00. The van der Waals surface area contributed by atoms with Gasteiger partial charge in [0.05, 0.1) is 0 Å². The molecule has 0 aliphatic heterocycles. The molecule has 9 atom stereocenters. The van der Waals surface area contributed by atoms with E-state index in [2.05, 4.69) is 90.0 Å². The van der Waals surface area contributed by atoms with Crippen LogP contribution in [-0.2, 0) is 0 Å². The van der Waals surface area contributed by atoms with Crippen LogP contribution in [0.3, 0.4) is 0 Å². The molecular weight excluding hydrogens is 324 g/mol. The molecular formula is C27H56. The van der Waals surface area contributed by atoms with Gasteiger partial charge in [0.25, 0.3) is 0 Å². The van der Waals surface area contributed by atoms with Crippen molar-refractivity contribution in [1.82, 2.24) is 0 Å². The third-order valence-corrected chi connectivity index (χ3v) is 8.99. The topological polar surface area (TPSA) is 0 Å². The van der Waals surface area contributed by atoms with Crippen LogP contribution in [0.2, 0.25) is 0 Å². The van der Waals surface area contributed by atoms with Gasteiger partial charge >= 0.3 is 0 Å². The lowest BCUT2D eigenvalue weighted by atomic mass is 9.67. The van der Waals surface area contributed by atoms with Crippen LogP contribution < -0.4 is 0 Å². The molecule has 0 heteroatoms. The van der Waals surface area contributed by atoms with E-state index < -0.39 is 0 Å². The van der Waals surface area contributed by atoms with Crippen LogP contribution >= 0.6 is 0 Å². The molecule has 9 unspecified atom stereocenters. The molecule has 0 nitrogen and oxygen atoms in total. The lowest BCUT2D eigenvalue weighted by Gasteiger charge is -2.39. The van der Waals surface area contributed by atoms with Gasteiger partial charge in [0.1, 0.15) is 0 Å². The Kier molecular flexibility index (Phi) is 12.5. The summed E-state index contributed by atoms with van der Waals surface area (Å²) in [6, 6.07) is 0. The van der Waals surface area contributed by atoms with Gasteiger partial charge in [-0.15, -0.1) is 0 Å². The van der Waals surface area contributed by atoms with Crippen molar-refractivity contribution in [2.24, 2.45) is 65.1 Å². The molecule has 0 amide bonds. The molecule has 0 aromatic heterocycles. The summed E-state index contributed by atoms with van der Waals surface area (Å²) in [6.45, 7) is 32.0. The highest BCUT2D eigenvalue weighted by atomic mass is 14.4. The van der Waals surface area contributed by atoms with Gasteiger partial charge < -0.3 is 0 Å². The van der Waals surface area contributed by atoms with Crippen molar-refractivity contribution < 1.29 is 0 Å². The predicted molar refractivity (Wildman–Crippen MR) is 126 cm³/mol. The molecule has 0 saturated carbocycles. The minimum atomic E-state index is 0.788. The highest BCUT2D eigenvalue weighted by Gasteiger charge is 2.32. The zero-order valence-electron chi connectivity index (χ0n) is 21.5. The summed E-state index contributed by atoms with van der Waals surface area (Å²) in [4.78, 5) is 0. The van der Waals surface area contributed by atoms with Gasteiger partial charge in [-0.1, -0.05) is 103 Å². The summed E-state index contributed by atoms with van der Waals surface area (Å²) < 4.78 is 0. The van der Waals surface area contributed by atoms with Gasteiger partial charge in [-0.2, -0.15) is 0 Å². The minimum absolute atomic E-state index is 0.788. The third-order valence-electron chi connectivity index (χ3n) is 8.99. The Balaban J connectivity index is 4.66. The summed E-state index contributed by atoms with van der Waals surface area (Å²) in [5, 5.41) is 0. The van der Waals surface area contributed by atoms with Crippen molar-refractivity contribution in [2.45, 2.75) is 109 Å². The first-order valence-electron chi connectivity index (χ1n) is 12.3. The van der Waals surface area contributed by atoms with Crippen LogP contribution in [0.4, 0.5) is 0 Å². The van der Waals surface area contributed by atoms with Gasteiger partial charge in [-0.3, -0.25) is 0 Å². The van der Waals surface area contributed by atoms with Crippen molar-refractivity contribution in [3.8, 4) is 0 Å². The van der Waals surface area contributed by atoms with Crippen molar-refractivity contribution in [1.29, 1.82) is 0 Å². The SMILES string of the molecule is CC(C)CC(C)C(C)CCC(C)C(C)C(C)C(C)C(C)C(C)C(C)C(C)C. The maximum absolute atomic E-state index is 2.53. The molecule has 0 aromatic carbocycles. The monoisotopic (exact) mass is 380 g/mol. The zero-order valence-corrected chi connectivity index (χ0v) is 21.5. The molecule has 0 aromatic rings. The molecule has 27 heavy (non-hydrogen) atoms. The second-order valence-electron chi connectivity index (χ2n) is 11.5. The Morgan fingerprint density at radius 3 is 1.15 bits per heavy atom. The van der Waals surface area contributed by atoms with Gasteiger partial charge in [-0.25, -0.2) is 0 Å². The predicted octanol–water partition coefficient (Wildman–Crippen LogP) is 9.19. The Morgan fingerprint density at radius 2 is 0.741 bits per heavy atom. The van der Waals surface area contributed by atoms with Crippen LogP contribution in [0.1, 0.15) is 109 Å². The molecule has 164 valence electrons. The van der Waals surface area contributed by atoms with E-state index in [1.165, 1.54) is 19.3 Å². The first-order valence-corrected chi connectivity index (χ1v) is 12.3. The molecule has 0 fully saturated rings. The fourth-order valence-corrected chi connectivity index (χ4v) is 5.09. The van der Waals surface area contributed by atoms with Crippen molar-refractivity contribution in [2.75, 3.05) is 0 Å². The normalized spacial score (nSPS) is 22.8. The quantitative estimate of drug-likeness (QED) is 0.298. The van der Waals surface area contributed by atoms with Gasteiger partial charge in [0.15, 0.2) is 0 Å². The lowest BCUT2D eigenvalue weighted by Crippen LogP contribution is -2.32. The van der Waals surface area contributed by atoms with E-state index >= 15 is 0 Å². The number of rotatable bonds is 13. The molecule has 0 N–H and O–H groups in total. The number of hydrogen-bond acceptors (Lipinski definition) is 0. The number of hydrogen-bond donors (Lipinski definition) is 0. The largest absolute Gasteiger partial charge is 0.0628 e. The van der Waals surface area contributed by atoms with Gasteiger partial charge in [-0.05, 0) is 71.5 Å². The van der Waals surface area contributed by atoms with E-state index in [1.54, 1.807) is 0 Å². The van der Waals surface area contributed by atoms with Crippen LogP contribution in [0.5, 0.6) is 0 Å². The summed E-state index contributed by atoms with van der Waals surface area (Å²) in [6.07, 6.45) is 4.17. The van der Waals surface area contributed by atoms with E-state index in [0.717, 1.165) is 65.1 Å². The van der Waals surface area contributed by atoms with E-state index in [1.807, 2.05) is 0 Å². The highest BCUT2D eigenvalue weighted by molar-refractivity contribution is 4.81. The molecule has 0 saturated heterocycles. The minimum Gasteiger partial charge on any atom is -0.0628 e. The van der Waals surface area contributed by atoms with Crippen LogP contribution in [0, 0.1) is 65.1 Å². The van der Waals surface area contributed by atoms with Crippen LogP contribution in [0.25, 0.3) is 0 Å². The first kappa shape index (κ1) is 27.0. The van der Waals surface area contributed by atoms with Gasteiger partial charge in [0.2, 0.25) is 0 Å². The van der Waals surface area contributed by atoms with E-state index in [4.69, 9.17) is 0 Å². The molecule has 0 heterocycles. The fourth-order valence-electron chi connectivity index (χ4n) is 5.09. The molecule has 0 aliphatic carbocycles. The summed E-state index contributed by atoms with van der Waals surface area (Å²) in [5.41, 5.74) is 0. The molecule has 0 spiro atoms. The smallest absolute Gasteiger partial charge is 0.0386 e. The highest BCUT2D eigenvalue weighted by Crippen LogP contribution is 2.39. The Bertz CT molecular complexity index is 368. The van der Waals surface area contributed by atoms with E-state index in [-0.39, 0.29) is 0 Å². The second-order valence-corrected chi connectivity index (χ2v) is 11.5. The molecule has 0 rings (SSSR count). The molecule has 0 bridgehead atoms. The van der Waals surface area contributed by atoms with Crippen molar-refractivity contribution in [3.63, 3.8) is 0 Å². The Labute approximate surface area is 174 Å². The molecule has 0 radical (unpaired) electrons. The first-order chi connectivity index (χ1) is 12.3. The summed E-state index contributed by atoms with van der Waals surface area (Å²) in [7, 11) is 0. The average Bonchev–Trinajstić information content (AvgIpc) is 2.60. The summed E-state index contributed by atoms with van der Waals surface area (Å²) in [5.74, 6) is 9.02. The van der Waals surface area contributed by atoms with Crippen LogP contribution in [0.15, 0.2) is 0 Å². The Hall–Kier alpha value is 0. The maximum atomic E-state index is 2.53. The molecule has 0 aliphatic rings. The van der Waals surface area contributed by atoms with E-state index in [0.29, 0.717) is 0 Å². The third kappa shape index (κ3) is 8.91. The van der Waals surface area contributed by atoms with Crippen molar-refractivity contribution in [3.05, 3.63) is 0 Å². The zero-order chi connectivity index (χ0) is 21.5. The van der Waals surface area contributed by atoms with Crippen molar-refractivity contribution >= 4 is 0 Å². The maximum Gasteiger partial charge on any atom is -0.0386 e. The average molecular weight is 381 g/mol. The van der Waals surface area contributed by atoms with Crippen LogP contribution in [-0.4, -0.2) is 0 Å². The van der Waals surface area contributed by atoms with E-state index in [9.17, 15) is 0 Å². The Morgan fingerprint density at radius 1 is 0.370 bits per heavy atom. The summed E-state index contributed by atoms with van der Waals surface area (Å²) >= 11 is 0. The second kappa shape index (κ2) is 12.5. The lowest BCUT2D eigenvalue weighted by molar-refractivity contribution is 0.101. The van der Waals surface area contributed by atoms with Gasteiger partial charge in [0, 0.05) is 0 Å².